The predicted octanol–water partition coefficient (Wildman–Crippen LogP) is 3.07. The summed E-state index contributed by atoms with van der Waals surface area (Å²) in [6.45, 7) is 2.37. The lowest BCUT2D eigenvalue weighted by atomic mass is 9.77. The second-order valence-corrected chi connectivity index (χ2v) is 7.67. The van der Waals surface area contributed by atoms with Crippen molar-refractivity contribution >= 4 is 11.8 Å². The van der Waals surface area contributed by atoms with E-state index >= 15 is 0 Å². The highest BCUT2D eigenvalue weighted by atomic mass is 16.3. The van der Waals surface area contributed by atoms with Crippen LogP contribution < -0.4 is 0 Å². The van der Waals surface area contributed by atoms with E-state index in [0.717, 1.165) is 38.8 Å². The molecule has 0 N–H and O–H groups in total. The van der Waals surface area contributed by atoms with Crippen LogP contribution in [0.1, 0.15) is 61.9 Å². The van der Waals surface area contributed by atoms with Crippen molar-refractivity contribution in [1.82, 2.24) is 9.80 Å². The minimum Gasteiger partial charge on any atom is -0.459 e. The van der Waals surface area contributed by atoms with Crippen LogP contribution in [0.15, 0.2) is 22.8 Å². The molecule has 1 aromatic heterocycles. The van der Waals surface area contributed by atoms with Crippen LogP contribution in [-0.2, 0) is 4.79 Å². The van der Waals surface area contributed by atoms with E-state index in [0.29, 0.717) is 17.7 Å². The molecule has 1 saturated carbocycles. The van der Waals surface area contributed by atoms with Crippen molar-refractivity contribution in [3.8, 4) is 0 Å². The maximum absolute atomic E-state index is 13.0. The first-order chi connectivity index (χ1) is 11.7. The molecular formula is C19H26N2O3. The molecule has 2 amide bonds. The standard InChI is InChI=1S/C19H26N2O3/c22-17(20-12-9-19(10-13-20)7-1-2-8-19)15-5-3-11-21(15)18(23)16-6-4-14-24-16/h4,6,14-15H,1-3,5,7-13H2/t15-/m0/s1. The van der Waals surface area contributed by atoms with Gasteiger partial charge in [-0.2, -0.15) is 0 Å². The van der Waals surface area contributed by atoms with Gasteiger partial charge in [0.05, 0.1) is 6.26 Å². The van der Waals surface area contributed by atoms with Crippen molar-refractivity contribution in [2.75, 3.05) is 19.6 Å². The first-order valence-corrected chi connectivity index (χ1v) is 9.32. The van der Waals surface area contributed by atoms with Gasteiger partial charge in [-0.3, -0.25) is 9.59 Å². The minimum atomic E-state index is -0.305. The summed E-state index contributed by atoms with van der Waals surface area (Å²) < 4.78 is 5.23. The molecule has 0 aromatic carbocycles. The molecule has 1 spiro atoms. The fourth-order valence-corrected chi connectivity index (χ4v) is 4.85. The number of hydrogen-bond acceptors (Lipinski definition) is 3. The summed E-state index contributed by atoms with van der Waals surface area (Å²) in [6, 6.07) is 3.08. The van der Waals surface area contributed by atoms with E-state index in [2.05, 4.69) is 0 Å². The van der Waals surface area contributed by atoms with Gasteiger partial charge >= 0.3 is 0 Å². The summed E-state index contributed by atoms with van der Waals surface area (Å²) in [4.78, 5) is 29.3. The van der Waals surface area contributed by atoms with Gasteiger partial charge in [-0.25, -0.2) is 0 Å². The third-order valence-electron chi connectivity index (χ3n) is 6.33. The highest BCUT2D eigenvalue weighted by Crippen LogP contribution is 2.46. The number of carbonyl (C=O) groups excluding carboxylic acids is 2. The molecule has 24 heavy (non-hydrogen) atoms. The second kappa shape index (κ2) is 6.26. The largest absolute Gasteiger partial charge is 0.459 e. The first-order valence-electron chi connectivity index (χ1n) is 9.32. The average Bonchev–Trinajstić information content (AvgIpc) is 3.36. The van der Waals surface area contributed by atoms with Crippen LogP contribution in [-0.4, -0.2) is 47.3 Å². The number of rotatable bonds is 2. The molecule has 3 aliphatic rings. The van der Waals surface area contributed by atoms with Crippen molar-refractivity contribution < 1.29 is 14.0 Å². The molecule has 1 aromatic rings. The summed E-state index contributed by atoms with van der Waals surface area (Å²) in [5.74, 6) is 0.318. The molecule has 4 rings (SSSR count). The lowest BCUT2D eigenvalue weighted by Crippen LogP contribution is -2.51. The van der Waals surface area contributed by atoms with Gasteiger partial charge in [0.25, 0.3) is 5.91 Å². The molecule has 5 nitrogen and oxygen atoms in total. The molecule has 3 fully saturated rings. The van der Waals surface area contributed by atoms with Crippen molar-refractivity contribution in [3.05, 3.63) is 24.2 Å². The van der Waals surface area contributed by atoms with E-state index in [1.165, 1.54) is 31.9 Å². The summed E-state index contributed by atoms with van der Waals surface area (Å²) in [5.41, 5.74) is 0.510. The Labute approximate surface area is 143 Å². The second-order valence-electron chi connectivity index (χ2n) is 7.67. The molecular weight excluding hydrogens is 304 g/mol. The van der Waals surface area contributed by atoms with Gasteiger partial charge in [-0.15, -0.1) is 0 Å². The van der Waals surface area contributed by atoms with Crippen LogP contribution in [0.25, 0.3) is 0 Å². The van der Waals surface area contributed by atoms with Crippen LogP contribution in [0.4, 0.5) is 0 Å². The van der Waals surface area contributed by atoms with Gasteiger partial charge in [0, 0.05) is 19.6 Å². The van der Waals surface area contributed by atoms with E-state index < -0.39 is 0 Å². The van der Waals surface area contributed by atoms with Crippen molar-refractivity contribution in [1.29, 1.82) is 0 Å². The van der Waals surface area contributed by atoms with Crippen molar-refractivity contribution in [3.63, 3.8) is 0 Å². The highest BCUT2D eigenvalue weighted by molar-refractivity contribution is 5.96. The van der Waals surface area contributed by atoms with Crippen LogP contribution in [0.3, 0.4) is 0 Å². The quantitative estimate of drug-likeness (QED) is 0.837. The van der Waals surface area contributed by atoms with E-state index in [-0.39, 0.29) is 17.9 Å². The number of likely N-dealkylation sites (tertiary alicyclic amines) is 2. The number of furan rings is 1. The molecule has 0 bridgehead atoms. The van der Waals surface area contributed by atoms with Crippen molar-refractivity contribution in [2.45, 2.75) is 57.4 Å². The summed E-state index contributed by atoms with van der Waals surface area (Å²) >= 11 is 0. The zero-order valence-electron chi connectivity index (χ0n) is 14.2. The summed E-state index contributed by atoms with van der Waals surface area (Å²) in [6.07, 6.45) is 10.8. The van der Waals surface area contributed by atoms with Gasteiger partial charge < -0.3 is 14.2 Å². The maximum Gasteiger partial charge on any atom is 0.290 e. The Morgan fingerprint density at radius 3 is 2.46 bits per heavy atom. The molecule has 5 heteroatoms. The van der Waals surface area contributed by atoms with Gasteiger partial charge in [-0.05, 0) is 56.1 Å². The topological polar surface area (TPSA) is 53.8 Å². The minimum absolute atomic E-state index is 0.139. The summed E-state index contributed by atoms with van der Waals surface area (Å²) in [7, 11) is 0. The number of hydrogen-bond donors (Lipinski definition) is 0. The molecule has 0 radical (unpaired) electrons. The molecule has 1 aliphatic carbocycles. The monoisotopic (exact) mass is 330 g/mol. The number of nitrogens with zero attached hydrogens (tertiary/aromatic N) is 2. The van der Waals surface area contributed by atoms with Gasteiger partial charge in [-0.1, -0.05) is 12.8 Å². The third kappa shape index (κ3) is 2.74. The Kier molecular flexibility index (Phi) is 4.10. The van der Waals surface area contributed by atoms with E-state index in [4.69, 9.17) is 4.42 Å². The zero-order valence-corrected chi connectivity index (χ0v) is 14.2. The first kappa shape index (κ1) is 15.7. The van der Waals surface area contributed by atoms with Gasteiger partial charge in [0.15, 0.2) is 5.76 Å². The van der Waals surface area contributed by atoms with Crippen molar-refractivity contribution in [2.24, 2.45) is 5.41 Å². The Hall–Kier alpha value is -1.78. The number of amides is 2. The van der Waals surface area contributed by atoms with Crippen LogP contribution in [0.5, 0.6) is 0 Å². The molecule has 130 valence electrons. The third-order valence-corrected chi connectivity index (χ3v) is 6.33. The SMILES string of the molecule is O=C([C@@H]1CCCN1C(=O)c1ccco1)N1CCC2(CCCC2)CC1. The van der Waals surface area contributed by atoms with Crippen LogP contribution in [0.2, 0.25) is 0 Å². The Balaban J connectivity index is 1.41. The molecule has 1 atom stereocenters. The van der Waals surface area contributed by atoms with E-state index in [1.54, 1.807) is 17.0 Å². The molecule has 0 unspecified atom stereocenters. The molecule has 3 heterocycles. The lowest BCUT2D eigenvalue weighted by molar-refractivity contribution is -0.137. The number of piperidine rings is 1. The van der Waals surface area contributed by atoms with Gasteiger partial charge in [0.2, 0.25) is 5.91 Å². The Bertz CT molecular complexity index is 594. The predicted molar refractivity (Wildman–Crippen MR) is 89.5 cm³/mol. The molecule has 2 aliphatic heterocycles. The van der Waals surface area contributed by atoms with Crippen LogP contribution >= 0.6 is 0 Å². The zero-order chi connectivity index (χ0) is 16.6. The fourth-order valence-electron chi connectivity index (χ4n) is 4.85. The average molecular weight is 330 g/mol. The van der Waals surface area contributed by atoms with E-state index in [1.807, 2.05) is 4.90 Å². The lowest BCUT2D eigenvalue weighted by Gasteiger charge is -2.41. The maximum atomic E-state index is 13.0. The highest BCUT2D eigenvalue weighted by Gasteiger charge is 2.42. The normalized spacial score (nSPS) is 26.2. The Morgan fingerprint density at radius 1 is 1.04 bits per heavy atom. The smallest absolute Gasteiger partial charge is 0.290 e. The number of carbonyl (C=O) groups is 2. The Morgan fingerprint density at radius 2 is 1.79 bits per heavy atom. The van der Waals surface area contributed by atoms with Crippen LogP contribution in [0, 0.1) is 5.41 Å². The van der Waals surface area contributed by atoms with E-state index in [9.17, 15) is 9.59 Å². The fraction of sp³-hybridized carbons (Fsp3) is 0.684. The summed E-state index contributed by atoms with van der Waals surface area (Å²) in [5, 5.41) is 0. The van der Waals surface area contributed by atoms with Gasteiger partial charge in [0.1, 0.15) is 6.04 Å². The molecule has 2 saturated heterocycles.